The van der Waals surface area contributed by atoms with Gasteiger partial charge in [0.25, 0.3) is 0 Å². The summed E-state index contributed by atoms with van der Waals surface area (Å²) in [5.41, 5.74) is 1.67. The monoisotopic (exact) mass is 272 g/mol. The van der Waals surface area contributed by atoms with E-state index in [0.29, 0.717) is 12.2 Å². The molecule has 0 unspecified atom stereocenters. The van der Waals surface area contributed by atoms with Crippen LogP contribution in [0, 0.1) is 0 Å². The minimum absolute atomic E-state index is 0.0891. The standard InChI is InChI=1S/C16H16O4/c1-19-10-11-20-16(18)15-13(8-5-9-14(15)17)12-6-3-2-4-7-12/h2-9,17H,10-11H2,1H3. The van der Waals surface area contributed by atoms with Crippen molar-refractivity contribution in [3.8, 4) is 16.9 Å². The molecule has 4 heteroatoms. The quantitative estimate of drug-likeness (QED) is 0.671. The molecule has 0 fully saturated rings. The van der Waals surface area contributed by atoms with Crippen LogP contribution >= 0.6 is 0 Å². The first kappa shape index (κ1) is 14.1. The molecular formula is C16H16O4. The van der Waals surface area contributed by atoms with E-state index in [-0.39, 0.29) is 17.9 Å². The molecule has 0 heterocycles. The maximum Gasteiger partial charge on any atom is 0.342 e. The summed E-state index contributed by atoms with van der Waals surface area (Å²) < 4.78 is 9.92. The van der Waals surface area contributed by atoms with Crippen molar-refractivity contribution in [1.29, 1.82) is 0 Å². The molecule has 0 aromatic heterocycles. The van der Waals surface area contributed by atoms with E-state index in [1.54, 1.807) is 12.1 Å². The van der Waals surface area contributed by atoms with Crippen LogP contribution in [-0.2, 0) is 9.47 Å². The third-order valence-corrected chi connectivity index (χ3v) is 2.85. The normalized spacial score (nSPS) is 10.2. The van der Waals surface area contributed by atoms with Crippen molar-refractivity contribution in [3.63, 3.8) is 0 Å². The number of rotatable bonds is 5. The molecule has 0 aliphatic heterocycles. The number of hydrogen-bond acceptors (Lipinski definition) is 4. The molecule has 0 atom stereocenters. The Balaban J connectivity index is 2.34. The summed E-state index contributed by atoms with van der Waals surface area (Å²) in [5, 5.41) is 9.95. The van der Waals surface area contributed by atoms with E-state index < -0.39 is 5.97 Å². The van der Waals surface area contributed by atoms with E-state index in [1.807, 2.05) is 30.3 Å². The Labute approximate surface area is 117 Å². The first-order chi connectivity index (χ1) is 9.74. The number of esters is 1. The van der Waals surface area contributed by atoms with Gasteiger partial charge in [-0.3, -0.25) is 0 Å². The highest BCUT2D eigenvalue weighted by molar-refractivity contribution is 6.00. The van der Waals surface area contributed by atoms with Crippen molar-refractivity contribution in [2.75, 3.05) is 20.3 Å². The largest absolute Gasteiger partial charge is 0.507 e. The highest BCUT2D eigenvalue weighted by atomic mass is 16.6. The zero-order valence-electron chi connectivity index (χ0n) is 11.2. The minimum Gasteiger partial charge on any atom is -0.507 e. The fourth-order valence-corrected chi connectivity index (χ4v) is 1.90. The molecule has 20 heavy (non-hydrogen) atoms. The summed E-state index contributed by atoms with van der Waals surface area (Å²) in [4.78, 5) is 12.1. The van der Waals surface area contributed by atoms with Gasteiger partial charge in [0, 0.05) is 7.11 Å². The van der Waals surface area contributed by atoms with Crippen molar-refractivity contribution in [2.45, 2.75) is 0 Å². The van der Waals surface area contributed by atoms with E-state index >= 15 is 0 Å². The number of phenols is 1. The number of phenolic OH excluding ortho intramolecular Hbond substituents is 1. The molecule has 0 saturated carbocycles. The molecule has 0 aliphatic carbocycles. The van der Waals surface area contributed by atoms with E-state index in [0.717, 1.165) is 5.56 Å². The molecule has 0 aliphatic rings. The van der Waals surface area contributed by atoms with Crippen LogP contribution in [0.2, 0.25) is 0 Å². The summed E-state index contributed by atoms with van der Waals surface area (Å²) in [6.07, 6.45) is 0. The highest BCUT2D eigenvalue weighted by Gasteiger charge is 2.18. The topological polar surface area (TPSA) is 55.8 Å². The first-order valence-electron chi connectivity index (χ1n) is 6.27. The molecule has 2 aromatic rings. The lowest BCUT2D eigenvalue weighted by Crippen LogP contribution is -2.11. The maximum atomic E-state index is 12.1. The Morgan fingerprint density at radius 2 is 1.80 bits per heavy atom. The Hall–Kier alpha value is -2.33. The molecule has 0 bridgehead atoms. The van der Waals surface area contributed by atoms with Gasteiger partial charge in [-0.2, -0.15) is 0 Å². The molecule has 4 nitrogen and oxygen atoms in total. The van der Waals surface area contributed by atoms with Gasteiger partial charge in [-0.05, 0) is 17.2 Å². The maximum absolute atomic E-state index is 12.1. The second kappa shape index (κ2) is 6.73. The van der Waals surface area contributed by atoms with Gasteiger partial charge in [-0.1, -0.05) is 42.5 Å². The third kappa shape index (κ3) is 3.16. The summed E-state index contributed by atoms with van der Waals surface area (Å²) in [6.45, 7) is 0.470. The zero-order valence-corrected chi connectivity index (χ0v) is 11.2. The van der Waals surface area contributed by atoms with Crippen LogP contribution in [-0.4, -0.2) is 31.4 Å². The van der Waals surface area contributed by atoms with E-state index in [2.05, 4.69) is 0 Å². The predicted molar refractivity (Wildman–Crippen MR) is 75.7 cm³/mol. The average molecular weight is 272 g/mol. The Kier molecular flexibility index (Phi) is 4.74. The van der Waals surface area contributed by atoms with E-state index in [9.17, 15) is 9.90 Å². The molecule has 0 spiro atoms. The fraction of sp³-hybridized carbons (Fsp3) is 0.188. The lowest BCUT2D eigenvalue weighted by molar-refractivity contribution is 0.0386. The van der Waals surface area contributed by atoms with Gasteiger partial charge in [0.2, 0.25) is 0 Å². The van der Waals surface area contributed by atoms with Crippen molar-refractivity contribution in [1.82, 2.24) is 0 Å². The number of ether oxygens (including phenoxy) is 2. The third-order valence-electron chi connectivity index (χ3n) is 2.85. The average Bonchev–Trinajstić information content (AvgIpc) is 2.48. The first-order valence-corrected chi connectivity index (χ1v) is 6.27. The van der Waals surface area contributed by atoms with E-state index in [4.69, 9.17) is 9.47 Å². The number of hydrogen-bond donors (Lipinski definition) is 1. The van der Waals surface area contributed by atoms with Crippen molar-refractivity contribution >= 4 is 5.97 Å². The van der Waals surface area contributed by atoms with Crippen LogP contribution in [0.25, 0.3) is 11.1 Å². The van der Waals surface area contributed by atoms with Gasteiger partial charge in [-0.15, -0.1) is 0 Å². The number of carbonyl (C=O) groups is 1. The molecule has 2 aromatic carbocycles. The molecule has 104 valence electrons. The summed E-state index contributed by atoms with van der Waals surface area (Å²) in [6, 6.07) is 14.3. The van der Waals surface area contributed by atoms with Gasteiger partial charge < -0.3 is 14.6 Å². The lowest BCUT2D eigenvalue weighted by Gasteiger charge is -2.11. The number of aromatic hydroxyl groups is 1. The smallest absolute Gasteiger partial charge is 0.342 e. The van der Waals surface area contributed by atoms with Crippen LogP contribution < -0.4 is 0 Å². The van der Waals surface area contributed by atoms with Gasteiger partial charge in [-0.25, -0.2) is 4.79 Å². The summed E-state index contributed by atoms with van der Waals surface area (Å²) in [5.74, 6) is -0.646. The summed E-state index contributed by atoms with van der Waals surface area (Å²) in [7, 11) is 1.53. The SMILES string of the molecule is COCCOC(=O)c1c(O)cccc1-c1ccccc1. The van der Waals surface area contributed by atoms with Gasteiger partial charge in [0.05, 0.1) is 6.61 Å². The van der Waals surface area contributed by atoms with Gasteiger partial charge in [0.15, 0.2) is 0 Å². The molecule has 1 N–H and O–H groups in total. The van der Waals surface area contributed by atoms with Crippen molar-refractivity contribution in [2.24, 2.45) is 0 Å². The molecular weight excluding hydrogens is 256 g/mol. The van der Waals surface area contributed by atoms with Crippen LogP contribution in [0.5, 0.6) is 5.75 Å². The lowest BCUT2D eigenvalue weighted by atomic mass is 9.99. The van der Waals surface area contributed by atoms with Crippen molar-refractivity contribution < 1.29 is 19.4 Å². The molecule has 0 amide bonds. The summed E-state index contributed by atoms with van der Waals surface area (Å²) >= 11 is 0. The van der Waals surface area contributed by atoms with Gasteiger partial charge >= 0.3 is 5.97 Å². The van der Waals surface area contributed by atoms with Crippen LogP contribution in [0.3, 0.4) is 0 Å². The fourth-order valence-electron chi connectivity index (χ4n) is 1.90. The number of carbonyl (C=O) groups excluding carboxylic acids is 1. The second-order valence-electron chi connectivity index (χ2n) is 4.19. The Morgan fingerprint density at radius 1 is 1.05 bits per heavy atom. The predicted octanol–water partition coefficient (Wildman–Crippen LogP) is 2.86. The molecule has 0 radical (unpaired) electrons. The van der Waals surface area contributed by atoms with E-state index in [1.165, 1.54) is 13.2 Å². The van der Waals surface area contributed by atoms with Crippen LogP contribution in [0.15, 0.2) is 48.5 Å². The van der Waals surface area contributed by atoms with Crippen LogP contribution in [0.1, 0.15) is 10.4 Å². The van der Waals surface area contributed by atoms with Crippen LogP contribution in [0.4, 0.5) is 0 Å². The van der Waals surface area contributed by atoms with Crippen molar-refractivity contribution in [3.05, 3.63) is 54.1 Å². The molecule has 2 rings (SSSR count). The Bertz CT molecular complexity index is 578. The number of benzene rings is 2. The number of methoxy groups -OCH3 is 1. The second-order valence-corrected chi connectivity index (χ2v) is 4.19. The Morgan fingerprint density at radius 3 is 2.50 bits per heavy atom. The van der Waals surface area contributed by atoms with Gasteiger partial charge in [0.1, 0.15) is 17.9 Å². The zero-order chi connectivity index (χ0) is 14.4. The molecule has 0 saturated heterocycles. The minimum atomic E-state index is -0.556. The highest BCUT2D eigenvalue weighted by Crippen LogP contribution is 2.30.